The van der Waals surface area contributed by atoms with Crippen molar-refractivity contribution in [2.45, 2.75) is 0 Å². The van der Waals surface area contributed by atoms with Crippen LogP contribution >= 0.6 is 0 Å². The van der Waals surface area contributed by atoms with E-state index in [9.17, 15) is 10.1 Å². The standard InChI is InChI=1S/C18H19NO6/c1-22-12-24-17-10-7-15(11-18(17)25-13-23-2)4-3-14-5-8-16(9-6-14)19(20)21/h3-11H,12-13H2,1-2H3/b4-3+. The van der Waals surface area contributed by atoms with Gasteiger partial charge < -0.3 is 18.9 Å². The van der Waals surface area contributed by atoms with Crippen LogP contribution in [0.25, 0.3) is 12.2 Å². The van der Waals surface area contributed by atoms with Crippen LogP contribution in [0.2, 0.25) is 0 Å². The Kier molecular flexibility index (Phi) is 6.94. The highest BCUT2D eigenvalue weighted by molar-refractivity contribution is 5.71. The van der Waals surface area contributed by atoms with Crippen molar-refractivity contribution in [1.82, 2.24) is 0 Å². The Balaban J connectivity index is 2.15. The van der Waals surface area contributed by atoms with Crippen LogP contribution in [0.3, 0.4) is 0 Å². The number of non-ortho nitro benzene ring substituents is 1. The molecule has 0 amide bonds. The molecule has 0 aliphatic carbocycles. The number of nitro benzene ring substituents is 1. The van der Waals surface area contributed by atoms with E-state index in [1.807, 2.05) is 24.3 Å². The van der Waals surface area contributed by atoms with E-state index in [1.165, 1.54) is 26.4 Å². The SMILES string of the molecule is COCOc1ccc(/C=C/c2ccc([N+](=O)[O-])cc2)cc1OCOC. The Morgan fingerprint density at radius 2 is 1.44 bits per heavy atom. The fraction of sp³-hybridized carbons (Fsp3) is 0.222. The third-order valence-corrected chi connectivity index (χ3v) is 3.20. The summed E-state index contributed by atoms with van der Waals surface area (Å²) in [5, 5.41) is 10.7. The van der Waals surface area contributed by atoms with E-state index < -0.39 is 4.92 Å². The summed E-state index contributed by atoms with van der Waals surface area (Å²) in [5.41, 5.74) is 1.80. The zero-order valence-electron chi connectivity index (χ0n) is 14.0. The van der Waals surface area contributed by atoms with Crippen molar-refractivity contribution in [3.63, 3.8) is 0 Å². The van der Waals surface area contributed by atoms with E-state index >= 15 is 0 Å². The van der Waals surface area contributed by atoms with Crippen LogP contribution < -0.4 is 9.47 Å². The molecule has 0 atom stereocenters. The Morgan fingerprint density at radius 3 is 2.04 bits per heavy atom. The van der Waals surface area contributed by atoms with Gasteiger partial charge in [-0.05, 0) is 35.4 Å². The average Bonchev–Trinajstić information content (AvgIpc) is 2.64. The van der Waals surface area contributed by atoms with E-state index in [1.54, 1.807) is 18.2 Å². The van der Waals surface area contributed by atoms with Crippen molar-refractivity contribution in [2.24, 2.45) is 0 Å². The summed E-state index contributed by atoms with van der Waals surface area (Å²) in [6, 6.07) is 11.8. The van der Waals surface area contributed by atoms with E-state index in [0.717, 1.165) is 11.1 Å². The van der Waals surface area contributed by atoms with Gasteiger partial charge in [-0.1, -0.05) is 18.2 Å². The first-order valence-corrected chi connectivity index (χ1v) is 7.44. The van der Waals surface area contributed by atoms with E-state index in [2.05, 4.69) is 0 Å². The molecule has 0 fully saturated rings. The van der Waals surface area contributed by atoms with Gasteiger partial charge in [-0.3, -0.25) is 10.1 Å². The number of hydrogen-bond donors (Lipinski definition) is 0. The molecule has 7 heteroatoms. The van der Waals surface area contributed by atoms with Gasteiger partial charge >= 0.3 is 0 Å². The summed E-state index contributed by atoms with van der Waals surface area (Å²) in [7, 11) is 3.07. The van der Waals surface area contributed by atoms with Gasteiger partial charge in [-0.25, -0.2) is 0 Å². The van der Waals surface area contributed by atoms with E-state index in [-0.39, 0.29) is 19.3 Å². The van der Waals surface area contributed by atoms with Crippen LogP contribution in [0.5, 0.6) is 11.5 Å². The molecule has 25 heavy (non-hydrogen) atoms. The lowest BCUT2D eigenvalue weighted by Gasteiger charge is -2.12. The lowest BCUT2D eigenvalue weighted by Crippen LogP contribution is -2.04. The van der Waals surface area contributed by atoms with Crippen molar-refractivity contribution < 1.29 is 23.9 Å². The molecule has 0 radical (unpaired) electrons. The maximum Gasteiger partial charge on any atom is 0.269 e. The van der Waals surface area contributed by atoms with Crippen LogP contribution in [0.15, 0.2) is 42.5 Å². The smallest absolute Gasteiger partial charge is 0.269 e. The molecular weight excluding hydrogens is 326 g/mol. The Labute approximate surface area is 145 Å². The number of ether oxygens (including phenoxy) is 4. The van der Waals surface area contributed by atoms with E-state index in [0.29, 0.717) is 11.5 Å². The van der Waals surface area contributed by atoms with Gasteiger partial charge in [0.25, 0.3) is 5.69 Å². The van der Waals surface area contributed by atoms with Crippen LogP contribution in [0.4, 0.5) is 5.69 Å². The van der Waals surface area contributed by atoms with Gasteiger partial charge in [0.05, 0.1) is 4.92 Å². The summed E-state index contributed by atoms with van der Waals surface area (Å²) in [6.45, 7) is 0.209. The molecule has 132 valence electrons. The number of nitro groups is 1. The van der Waals surface area contributed by atoms with Crippen molar-refractivity contribution >= 4 is 17.8 Å². The summed E-state index contributed by atoms with van der Waals surface area (Å²) < 4.78 is 20.8. The predicted octanol–water partition coefficient (Wildman–Crippen LogP) is 3.73. The second kappa shape index (κ2) is 9.41. The molecule has 0 saturated carbocycles. The molecule has 2 rings (SSSR count). The van der Waals surface area contributed by atoms with Crippen molar-refractivity contribution in [1.29, 1.82) is 0 Å². The summed E-state index contributed by atoms with van der Waals surface area (Å²) in [6.07, 6.45) is 3.73. The van der Waals surface area contributed by atoms with Crippen LogP contribution in [-0.4, -0.2) is 32.7 Å². The molecule has 0 heterocycles. The third-order valence-electron chi connectivity index (χ3n) is 3.20. The molecule has 0 bridgehead atoms. The monoisotopic (exact) mass is 345 g/mol. The predicted molar refractivity (Wildman–Crippen MR) is 93.5 cm³/mol. The lowest BCUT2D eigenvalue weighted by atomic mass is 10.1. The fourth-order valence-electron chi connectivity index (χ4n) is 2.00. The molecule has 0 aromatic heterocycles. The second-order valence-corrected chi connectivity index (χ2v) is 4.99. The summed E-state index contributed by atoms with van der Waals surface area (Å²) >= 11 is 0. The summed E-state index contributed by atoms with van der Waals surface area (Å²) in [5.74, 6) is 1.08. The third kappa shape index (κ3) is 5.59. The van der Waals surface area contributed by atoms with Crippen LogP contribution in [0, 0.1) is 10.1 Å². The van der Waals surface area contributed by atoms with Gasteiger partial charge in [0.15, 0.2) is 25.1 Å². The topological polar surface area (TPSA) is 80.1 Å². The highest BCUT2D eigenvalue weighted by atomic mass is 16.7. The number of benzene rings is 2. The Bertz CT molecular complexity index is 727. The molecule has 0 aliphatic heterocycles. The fourth-order valence-corrected chi connectivity index (χ4v) is 2.00. The molecule has 0 spiro atoms. The zero-order chi connectivity index (χ0) is 18.1. The normalized spacial score (nSPS) is 10.8. The number of nitrogens with zero attached hydrogens (tertiary/aromatic N) is 1. The zero-order valence-corrected chi connectivity index (χ0v) is 14.0. The molecule has 7 nitrogen and oxygen atoms in total. The Morgan fingerprint density at radius 1 is 0.880 bits per heavy atom. The first kappa shape index (κ1) is 18.4. The number of hydrogen-bond acceptors (Lipinski definition) is 6. The maximum absolute atomic E-state index is 10.7. The minimum absolute atomic E-state index is 0.0621. The molecule has 0 saturated heterocycles. The largest absolute Gasteiger partial charge is 0.464 e. The van der Waals surface area contributed by atoms with Gasteiger partial charge in [-0.15, -0.1) is 0 Å². The lowest BCUT2D eigenvalue weighted by molar-refractivity contribution is -0.384. The maximum atomic E-state index is 10.7. The highest BCUT2D eigenvalue weighted by Crippen LogP contribution is 2.29. The van der Waals surface area contributed by atoms with Crippen LogP contribution in [0.1, 0.15) is 11.1 Å². The van der Waals surface area contributed by atoms with Crippen molar-refractivity contribution in [2.75, 3.05) is 27.8 Å². The van der Waals surface area contributed by atoms with E-state index in [4.69, 9.17) is 18.9 Å². The first-order valence-electron chi connectivity index (χ1n) is 7.44. The molecular formula is C18H19NO6. The van der Waals surface area contributed by atoms with Crippen molar-refractivity contribution in [3.05, 3.63) is 63.7 Å². The first-order chi connectivity index (χ1) is 12.1. The Hall–Kier alpha value is -2.90. The molecule has 0 unspecified atom stereocenters. The molecule has 2 aromatic carbocycles. The summed E-state index contributed by atoms with van der Waals surface area (Å²) in [4.78, 5) is 10.2. The average molecular weight is 345 g/mol. The minimum Gasteiger partial charge on any atom is -0.464 e. The number of rotatable bonds is 9. The van der Waals surface area contributed by atoms with Crippen LogP contribution in [-0.2, 0) is 9.47 Å². The van der Waals surface area contributed by atoms with Gasteiger partial charge in [0, 0.05) is 26.4 Å². The number of methoxy groups -OCH3 is 2. The van der Waals surface area contributed by atoms with Crippen molar-refractivity contribution in [3.8, 4) is 11.5 Å². The van der Waals surface area contributed by atoms with Gasteiger partial charge in [0.2, 0.25) is 0 Å². The quantitative estimate of drug-likeness (QED) is 0.298. The second-order valence-electron chi connectivity index (χ2n) is 4.99. The molecule has 2 aromatic rings. The minimum atomic E-state index is -0.425. The van der Waals surface area contributed by atoms with Gasteiger partial charge in [-0.2, -0.15) is 0 Å². The molecule has 0 N–H and O–H groups in total. The highest BCUT2D eigenvalue weighted by Gasteiger charge is 2.06. The van der Waals surface area contributed by atoms with Gasteiger partial charge in [0.1, 0.15) is 0 Å². The molecule has 0 aliphatic rings.